The quantitative estimate of drug-likeness (QED) is 0.692. The molecule has 1 N–H and O–H groups in total. The van der Waals surface area contributed by atoms with Crippen molar-refractivity contribution in [1.82, 2.24) is 15.2 Å². The van der Waals surface area contributed by atoms with E-state index in [1.807, 2.05) is 18.2 Å². The van der Waals surface area contributed by atoms with Gasteiger partial charge in [0.1, 0.15) is 5.69 Å². The van der Waals surface area contributed by atoms with Crippen LogP contribution in [-0.2, 0) is 0 Å². The van der Waals surface area contributed by atoms with Crippen LogP contribution in [0, 0.1) is 0 Å². The van der Waals surface area contributed by atoms with E-state index in [0.29, 0.717) is 18.0 Å². The van der Waals surface area contributed by atoms with Crippen molar-refractivity contribution in [2.24, 2.45) is 0 Å². The van der Waals surface area contributed by atoms with Crippen LogP contribution in [0.15, 0.2) is 58.5 Å². The van der Waals surface area contributed by atoms with Gasteiger partial charge in [-0.2, -0.15) is 0 Å². The fraction of sp³-hybridized carbons (Fsp3) is 0.333. The third kappa shape index (κ3) is 4.26. The van der Waals surface area contributed by atoms with Crippen LogP contribution in [0.25, 0.3) is 10.8 Å². The molecule has 7 heteroatoms. The lowest BCUT2D eigenvalue weighted by atomic mass is 10.2. The molecule has 1 unspecified atom stereocenters. The van der Waals surface area contributed by atoms with Gasteiger partial charge in [-0.15, -0.1) is 11.3 Å². The van der Waals surface area contributed by atoms with E-state index in [2.05, 4.69) is 51.3 Å². The van der Waals surface area contributed by atoms with Gasteiger partial charge in [0.2, 0.25) is 0 Å². The summed E-state index contributed by atoms with van der Waals surface area (Å²) in [6.07, 6.45) is 1.61. The standard InChI is InChI=1S/C21H24N4O2S/c1-16(24-9-11-25(12-10-24)17-6-3-2-4-7-17)14-22-20(26)18-15-28-21(23-18)19-8-5-13-27-19/h2-8,13,15-16H,9-12,14H2,1H3,(H,22,26). The van der Waals surface area contributed by atoms with E-state index in [-0.39, 0.29) is 11.9 Å². The highest BCUT2D eigenvalue weighted by Crippen LogP contribution is 2.24. The molecule has 0 saturated carbocycles. The summed E-state index contributed by atoms with van der Waals surface area (Å²) < 4.78 is 5.34. The molecule has 0 bridgehead atoms. The lowest BCUT2D eigenvalue weighted by Crippen LogP contribution is -2.52. The number of furan rings is 1. The van der Waals surface area contributed by atoms with Gasteiger partial charge < -0.3 is 14.6 Å². The second-order valence-electron chi connectivity index (χ2n) is 6.93. The summed E-state index contributed by atoms with van der Waals surface area (Å²) in [7, 11) is 0. The molecular weight excluding hydrogens is 372 g/mol. The molecule has 28 heavy (non-hydrogen) atoms. The molecule has 1 saturated heterocycles. The first kappa shape index (κ1) is 18.7. The lowest BCUT2D eigenvalue weighted by Gasteiger charge is -2.39. The molecule has 1 aliphatic heterocycles. The molecule has 1 aliphatic rings. The SMILES string of the molecule is CC(CNC(=O)c1csc(-c2ccco2)n1)N1CCN(c2ccccc2)CC1. The molecule has 1 fully saturated rings. The van der Waals surface area contributed by atoms with Crippen molar-refractivity contribution < 1.29 is 9.21 Å². The average molecular weight is 397 g/mol. The Balaban J connectivity index is 1.25. The number of nitrogens with zero attached hydrogens (tertiary/aromatic N) is 3. The number of carbonyl (C=O) groups is 1. The van der Waals surface area contributed by atoms with Crippen LogP contribution < -0.4 is 10.2 Å². The van der Waals surface area contributed by atoms with Crippen LogP contribution in [0.2, 0.25) is 0 Å². The van der Waals surface area contributed by atoms with Crippen molar-refractivity contribution in [2.75, 3.05) is 37.6 Å². The number of amides is 1. The fourth-order valence-corrected chi connectivity index (χ4v) is 4.18. The molecule has 3 heterocycles. The second kappa shape index (κ2) is 8.58. The number of nitrogens with one attached hydrogen (secondary N) is 1. The van der Waals surface area contributed by atoms with Crippen molar-refractivity contribution in [3.63, 3.8) is 0 Å². The molecule has 0 spiro atoms. The van der Waals surface area contributed by atoms with Gasteiger partial charge in [-0.3, -0.25) is 9.69 Å². The minimum atomic E-state index is -0.135. The Morgan fingerprint density at radius 1 is 1.18 bits per heavy atom. The van der Waals surface area contributed by atoms with Gasteiger partial charge in [0.15, 0.2) is 10.8 Å². The van der Waals surface area contributed by atoms with Crippen LogP contribution in [0.5, 0.6) is 0 Å². The molecular formula is C21H24N4O2S. The van der Waals surface area contributed by atoms with Crippen molar-refractivity contribution in [3.05, 3.63) is 59.8 Å². The summed E-state index contributed by atoms with van der Waals surface area (Å²) in [5.41, 5.74) is 1.72. The fourth-order valence-electron chi connectivity index (χ4n) is 3.41. The maximum absolute atomic E-state index is 12.4. The molecule has 1 aromatic carbocycles. The van der Waals surface area contributed by atoms with Crippen LogP contribution in [0.3, 0.4) is 0 Å². The average Bonchev–Trinajstić information content (AvgIpc) is 3.44. The summed E-state index contributed by atoms with van der Waals surface area (Å²) >= 11 is 1.41. The molecule has 1 amide bonds. The van der Waals surface area contributed by atoms with E-state index in [1.165, 1.54) is 17.0 Å². The number of hydrogen-bond acceptors (Lipinski definition) is 6. The third-order valence-corrected chi connectivity index (χ3v) is 5.94. The zero-order valence-electron chi connectivity index (χ0n) is 15.9. The lowest BCUT2D eigenvalue weighted by molar-refractivity contribution is 0.0930. The number of hydrogen-bond donors (Lipinski definition) is 1. The predicted octanol–water partition coefficient (Wildman–Crippen LogP) is 3.34. The topological polar surface area (TPSA) is 61.6 Å². The Morgan fingerprint density at radius 2 is 1.96 bits per heavy atom. The zero-order valence-corrected chi connectivity index (χ0v) is 16.7. The summed E-state index contributed by atoms with van der Waals surface area (Å²) in [6, 6.07) is 14.5. The number of piperazine rings is 1. The first-order chi connectivity index (χ1) is 13.7. The Morgan fingerprint density at radius 3 is 2.68 bits per heavy atom. The Bertz CT molecular complexity index is 886. The Hall–Kier alpha value is -2.64. The minimum absolute atomic E-state index is 0.135. The van der Waals surface area contributed by atoms with E-state index < -0.39 is 0 Å². The summed E-state index contributed by atoms with van der Waals surface area (Å²) in [6.45, 7) is 6.75. The van der Waals surface area contributed by atoms with Gasteiger partial charge in [-0.25, -0.2) is 4.98 Å². The van der Waals surface area contributed by atoms with Crippen LogP contribution >= 0.6 is 11.3 Å². The largest absolute Gasteiger partial charge is 0.462 e. The first-order valence-corrected chi connectivity index (χ1v) is 10.4. The van der Waals surface area contributed by atoms with Gasteiger partial charge in [-0.1, -0.05) is 18.2 Å². The Labute approximate surface area is 168 Å². The summed E-state index contributed by atoms with van der Waals surface area (Å²) in [4.78, 5) is 21.6. The van der Waals surface area contributed by atoms with Crippen LogP contribution in [-0.4, -0.2) is 54.6 Å². The van der Waals surface area contributed by atoms with Crippen molar-refractivity contribution in [1.29, 1.82) is 0 Å². The van der Waals surface area contributed by atoms with Crippen molar-refractivity contribution >= 4 is 22.9 Å². The van der Waals surface area contributed by atoms with Crippen LogP contribution in [0.1, 0.15) is 17.4 Å². The van der Waals surface area contributed by atoms with Crippen molar-refractivity contribution in [2.45, 2.75) is 13.0 Å². The number of benzene rings is 1. The smallest absolute Gasteiger partial charge is 0.270 e. The molecule has 146 valence electrons. The second-order valence-corrected chi connectivity index (χ2v) is 7.79. The number of thiazole rings is 1. The highest BCUT2D eigenvalue weighted by Gasteiger charge is 2.22. The molecule has 4 rings (SSSR count). The number of rotatable bonds is 6. The molecule has 0 aliphatic carbocycles. The monoisotopic (exact) mass is 396 g/mol. The van der Waals surface area contributed by atoms with Crippen molar-refractivity contribution in [3.8, 4) is 10.8 Å². The predicted molar refractivity (Wildman–Crippen MR) is 112 cm³/mol. The van der Waals surface area contributed by atoms with Crippen LogP contribution in [0.4, 0.5) is 5.69 Å². The minimum Gasteiger partial charge on any atom is -0.462 e. The van der Waals surface area contributed by atoms with Gasteiger partial charge >= 0.3 is 0 Å². The maximum Gasteiger partial charge on any atom is 0.270 e. The normalized spacial score (nSPS) is 16.1. The Kier molecular flexibility index (Phi) is 5.73. The zero-order chi connectivity index (χ0) is 19.3. The molecule has 3 aromatic rings. The summed E-state index contributed by atoms with van der Waals surface area (Å²) in [5, 5.41) is 5.51. The van der Waals surface area contributed by atoms with Gasteiger partial charge in [0, 0.05) is 49.8 Å². The highest BCUT2D eigenvalue weighted by atomic mass is 32.1. The van der Waals surface area contributed by atoms with E-state index >= 15 is 0 Å². The van der Waals surface area contributed by atoms with Gasteiger partial charge in [0.25, 0.3) is 5.91 Å². The van der Waals surface area contributed by atoms with E-state index in [4.69, 9.17) is 4.42 Å². The number of para-hydroxylation sites is 1. The van der Waals surface area contributed by atoms with E-state index in [0.717, 1.165) is 31.2 Å². The van der Waals surface area contributed by atoms with E-state index in [1.54, 1.807) is 11.6 Å². The number of anilines is 1. The third-order valence-electron chi connectivity index (χ3n) is 5.09. The number of aromatic nitrogens is 1. The summed E-state index contributed by atoms with van der Waals surface area (Å²) in [5.74, 6) is 0.553. The maximum atomic E-state index is 12.4. The molecule has 2 aromatic heterocycles. The first-order valence-electron chi connectivity index (χ1n) is 9.52. The van der Waals surface area contributed by atoms with Gasteiger partial charge in [0.05, 0.1) is 6.26 Å². The molecule has 6 nitrogen and oxygen atoms in total. The van der Waals surface area contributed by atoms with Gasteiger partial charge in [-0.05, 0) is 31.2 Å². The number of carbonyl (C=O) groups excluding carboxylic acids is 1. The molecule has 1 atom stereocenters. The highest BCUT2D eigenvalue weighted by molar-refractivity contribution is 7.13. The van der Waals surface area contributed by atoms with E-state index in [9.17, 15) is 4.79 Å². The molecule has 0 radical (unpaired) electrons.